The molecule has 2 heterocycles. The molecule has 0 amide bonds. The van der Waals surface area contributed by atoms with Crippen LogP contribution in [0.15, 0.2) is 35.3 Å². The Morgan fingerprint density at radius 1 is 1.20 bits per heavy atom. The molecule has 0 radical (unpaired) electrons. The average Bonchev–Trinajstić information content (AvgIpc) is 3.04. The number of fused-ring (bicyclic) bond motifs is 1. The molecule has 1 saturated carbocycles. The maximum absolute atomic E-state index is 13.4. The van der Waals surface area contributed by atoms with E-state index in [2.05, 4.69) is 17.1 Å². The number of imidazole rings is 1. The summed E-state index contributed by atoms with van der Waals surface area (Å²) in [6, 6.07) is 11.0. The van der Waals surface area contributed by atoms with Gasteiger partial charge in [0.05, 0.1) is 36.4 Å². The molecular weight excluding hydrogens is 382 g/mol. The number of aliphatic hydroxyl groups excluding tert-OH is 1. The maximum Gasteiger partial charge on any atom is 0.330 e. The number of benzene rings is 1. The molecule has 30 heavy (non-hydrogen) atoms. The highest BCUT2D eigenvalue weighted by Crippen LogP contribution is 2.30. The quantitative estimate of drug-likeness (QED) is 0.715. The summed E-state index contributed by atoms with van der Waals surface area (Å²) in [4.78, 5) is 17.8. The first-order valence-electron chi connectivity index (χ1n) is 9.81. The van der Waals surface area contributed by atoms with Crippen LogP contribution < -0.4 is 10.4 Å². The topological polar surface area (TPSA) is 117 Å². The lowest BCUT2D eigenvalue weighted by Crippen LogP contribution is -2.31. The molecule has 2 aromatic heterocycles. The molecule has 0 aliphatic heterocycles. The summed E-state index contributed by atoms with van der Waals surface area (Å²) in [6.45, 7) is 0.243. The van der Waals surface area contributed by atoms with Gasteiger partial charge in [-0.1, -0.05) is 6.07 Å². The van der Waals surface area contributed by atoms with Crippen LogP contribution in [0.3, 0.4) is 0 Å². The summed E-state index contributed by atoms with van der Waals surface area (Å²) in [5, 5.41) is 28.5. The van der Waals surface area contributed by atoms with Crippen LogP contribution in [-0.2, 0) is 6.54 Å². The molecule has 0 unspecified atom stereocenters. The Morgan fingerprint density at radius 2 is 1.97 bits per heavy atom. The first kappa shape index (κ1) is 19.7. The Balaban J connectivity index is 1.83. The van der Waals surface area contributed by atoms with Crippen molar-refractivity contribution in [3.63, 3.8) is 0 Å². The number of nitriles is 2. The van der Waals surface area contributed by atoms with Crippen LogP contribution in [0.4, 0.5) is 0 Å². The summed E-state index contributed by atoms with van der Waals surface area (Å²) < 4.78 is 8.48. The summed E-state index contributed by atoms with van der Waals surface area (Å²) in [6.07, 6.45) is 3.83. The Morgan fingerprint density at radius 3 is 2.63 bits per heavy atom. The van der Waals surface area contributed by atoms with Gasteiger partial charge < -0.3 is 9.84 Å². The fraction of sp³-hybridized carbons (Fsp3) is 0.364. The van der Waals surface area contributed by atoms with Crippen molar-refractivity contribution in [1.29, 1.82) is 10.5 Å². The molecule has 0 atom stereocenters. The molecule has 152 valence electrons. The van der Waals surface area contributed by atoms with Crippen LogP contribution in [0.5, 0.6) is 5.75 Å². The van der Waals surface area contributed by atoms with E-state index in [4.69, 9.17) is 4.74 Å². The Bertz CT molecular complexity index is 1240. The normalized spacial score (nSPS) is 18.7. The fourth-order valence-corrected chi connectivity index (χ4v) is 4.14. The third-order valence-electron chi connectivity index (χ3n) is 5.69. The Kier molecular flexibility index (Phi) is 5.26. The molecule has 0 saturated heterocycles. The number of aliphatic hydroxyl groups is 1. The molecule has 4 rings (SSSR count). The number of nitrogens with zero attached hydrogens (tertiary/aromatic N) is 5. The van der Waals surface area contributed by atoms with E-state index in [0.29, 0.717) is 53.7 Å². The van der Waals surface area contributed by atoms with E-state index in [-0.39, 0.29) is 24.4 Å². The largest absolute Gasteiger partial charge is 0.495 e. The van der Waals surface area contributed by atoms with Crippen molar-refractivity contribution in [1.82, 2.24) is 14.1 Å². The van der Waals surface area contributed by atoms with Crippen molar-refractivity contribution >= 4 is 11.2 Å². The number of methoxy groups -OCH3 is 1. The summed E-state index contributed by atoms with van der Waals surface area (Å²) in [5.41, 5.74) is 2.45. The maximum atomic E-state index is 13.4. The Labute approximate surface area is 173 Å². The third kappa shape index (κ3) is 3.42. The zero-order valence-corrected chi connectivity index (χ0v) is 16.6. The first-order chi connectivity index (χ1) is 14.5. The highest BCUT2D eigenvalue weighted by atomic mass is 16.5. The predicted octanol–water partition coefficient (Wildman–Crippen LogP) is 2.47. The van der Waals surface area contributed by atoms with E-state index >= 15 is 0 Å². The van der Waals surface area contributed by atoms with Gasteiger partial charge in [-0.05, 0) is 49.4 Å². The van der Waals surface area contributed by atoms with E-state index in [1.165, 1.54) is 13.3 Å². The van der Waals surface area contributed by atoms with E-state index in [1.807, 2.05) is 6.07 Å². The minimum atomic E-state index is -0.327. The van der Waals surface area contributed by atoms with Crippen molar-refractivity contribution in [3.8, 4) is 17.9 Å². The fourth-order valence-electron chi connectivity index (χ4n) is 4.14. The van der Waals surface area contributed by atoms with Gasteiger partial charge in [-0.25, -0.2) is 9.78 Å². The lowest BCUT2D eigenvalue weighted by molar-refractivity contribution is 0.110. The minimum absolute atomic E-state index is 0.0457. The predicted molar refractivity (Wildman–Crippen MR) is 109 cm³/mol. The first-order valence-corrected chi connectivity index (χ1v) is 9.81. The van der Waals surface area contributed by atoms with Gasteiger partial charge in [0.25, 0.3) is 0 Å². The molecule has 8 nitrogen and oxygen atoms in total. The van der Waals surface area contributed by atoms with E-state index in [9.17, 15) is 20.4 Å². The lowest BCUT2D eigenvalue weighted by Gasteiger charge is -2.26. The van der Waals surface area contributed by atoms with Gasteiger partial charge >= 0.3 is 5.69 Å². The van der Waals surface area contributed by atoms with Crippen LogP contribution in [0.1, 0.15) is 48.4 Å². The van der Waals surface area contributed by atoms with Crippen molar-refractivity contribution in [2.75, 3.05) is 7.11 Å². The second-order valence-electron chi connectivity index (χ2n) is 7.53. The minimum Gasteiger partial charge on any atom is -0.495 e. The van der Waals surface area contributed by atoms with Gasteiger partial charge in [-0.3, -0.25) is 9.13 Å². The molecule has 0 bridgehead atoms. The summed E-state index contributed by atoms with van der Waals surface area (Å²) in [7, 11) is 1.50. The van der Waals surface area contributed by atoms with Crippen LogP contribution in [0.25, 0.3) is 11.2 Å². The van der Waals surface area contributed by atoms with E-state index in [1.54, 1.807) is 27.3 Å². The van der Waals surface area contributed by atoms with Gasteiger partial charge in [0, 0.05) is 12.2 Å². The standard InChI is InChI=1S/C22H21N5O3/c1-30-20-7-2-14(8-16(20)11-24)13-26-19-9-15(10-23)12-25-21(19)27(22(26)29)17-3-5-18(28)6-4-17/h2,7-9,12,17-18,28H,3-6,13H2,1H3. The van der Waals surface area contributed by atoms with Gasteiger partial charge in [-0.2, -0.15) is 10.5 Å². The van der Waals surface area contributed by atoms with E-state index < -0.39 is 0 Å². The molecule has 0 spiro atoms. The molecule has 3 aromatic rings. The van der Waals surface area contributed by atoms with E-state index in [0.717, 1.165) is 5.56 Å². The number of aromatic nitrogens is 3. The third-order valence-corrected chi connectivity index (χ3v) is 5.69. The zero-order chi connectivity index (χ0) is 21.3. The number of rotatable bonds is 4. The lowest BCUT2D eigenvalue weighted by atomic mass is 9.93. The molecule has 1 aromatic carbocycles. The highest BCUT2D eigenvalue weighted by Gasteiger charge is 2.26. The SMILES string of the molecule is COc1ccc(Cn2c(=O)n(C3CCC(O)CC3)c3ncc(C#N)cc32)cc1C#N. The summed E-state index contributed by atoms with van der Waals surface area (Å²) >= 11 is 0. The van der Waals surface area contributed by atoms with Crippen LogP contribution in [0, 0.1) is 22.7 Å². The molecule has 1 N–H and O–H groups in total. The second-order valence-corrected chi connectivity index (χ2v) is 7.53. The number of pyridine rings is 1. The number of hydrogen-bond donors (Lipinski definition) is 1. The second kappa shape index (κ2) is 8.02. The smallest absolute Gasteiger partial charge is 0.330 e. The monoisotopic (exact) mass is 403 g/mol. The van der Waals surface area contributed by atoms with Gasteiger partial charge in [0.1, 0.15) is 17.9 Å². The average molecular weight is 403 g/mol. The molecule has 1 fully saturated rings. The van der Waals surface area contributed by atoms with Crippen LogP contribution >= 0.6 is 0 Å². The van der Waals surface area contributed by atoms with Crippen molar-refractivity contribution in [2.24, 2.45) is 0 Å². The number of ether oxygens (including phenoxy) is 1. The highest BCUT2D eigenvalue weighted by molar-refractivity contribution is 5.73. The number of hydrogen-bond acceptors (Lipinski definition) is 6. The van der Waals surface area contributed by atoms with Crippen molar-refractivity contribution in [3.05, 3.63) is 57.6 Å². The summed E-state index contributed by atoms with van der Waals surface area (Å²) in [5.74, 6) is 0.477. The van der Waals surface area contributed by atoms with Crippen molar-refractivity contribution < 1.29 is 9.84 Å². The Hall–Kier alpha value is -3.62. The molecule has 1 aliphatic rings. The van der Waals surface area contributed by atoms with Crippen LogP contribution in [-0.4, -0.2) is 32.4 Å². The molecular formula is C22H21N5O3. The van der Waals surface area contributed by atoms with Gasteiger partial charge in [-0.15, -0.1) is 0 Å². The van der Waals surface area contributed by atoms with Gasteiger partial charge in [0.15, 0.2) is 5.65 Å². The zero-order valence-electron chi connectivity index (χ0n) is 16.6. The van der Waals surface area contributed by atoms with Crippen LogP contribution in [0.2, 0.25) is 0 Å². The molecule has 8 heteroatoms. The van der Waals surface area contributed by atoms with Crippen molar-refractivity contribution in [2.45, 2.75) is 44.4 Å². The molecule has 1 aliphatic carbocycles. The van der Waals surface area contributed by atoms with Gasteiger partial charge in [0.2, 0.25) is 0 Å².